The first-order valence-electron chi connectivity index (χ1n) is 10.6. The highest BCUT2D eigenvalue weighted by Gasteiger charge is 2.58. The SMILES string of the molecule is FC(F)(F)c1ccc(CNc2ncc(-c3nnc(N4C[C@@H]5C(c6cn[nH]n6)[C@@H]5C4)o3)cn2)cc1. The normalized spacial score (nSPS) is 21.5. The molecule has 174 valence electrons. The minimum absolute atomic E-state index is 0.287. The third-order valence-electron chi connectivity index (χ3n) is 6.28. The number of H-pyrrole nitrogens is 1. The van der Waals surface area contributed by atoms with Crippen LogP contribution in [0.1, 0.15) is 22.7 Å². The number of hydrogen-bond donors (Lipinski definition) is 2. The van der Waals surface area contributed by atoms with E-state index in [1.807, 2.05) is 0 Å². The predicted octanol–water partition coefficient (Wildman–Crippen LogP) is 3.13. The maximum Gasteiger partial charge on any atom is 0.416 e. The summed E-state index contributed by atoms with van der Waals surface area (Å²) in [5.74, 6) is 2.12. The second-order valence-corrected chi connectivity index (χ2v) is 8.39. The van der Waals surface area contributed by atoms with Crippen LogP contribution < -0.4 is 10.2 Å². The number of fused-ring (bicyclic) bond motifs is 1. The molecule has 6 rings (SSSR count). The van der Waals surface area contributed by atoms with Gasteiger partial charge in [-0.2, -0.15) is 28.6 Å². The molecule has 10 nitrogen and oxygen atoms in total. The van der Waals surface area contributed by atoms with Crippen molar-refractivity contribution in [3.05, 3.63) is 59.7 Å². The molecule has 3 aromatic heterocycles. The molecule has 1 unspecified atom stereocenters. The van der Waals surface area contributed by atoms with Crippen molar-refractivity contribution in [3.63, 3.8) is 0 Å². The zero-order valence-electron chi connectivity index (χ0n) is 17.6. The van der Waals surface area contributed by atoms with Gasteiger partial charge in [-0.05, 0) is 29.5 Å². The van der Waals surface area contributed by atoms with Gasteiger partial charge in [0, 0.05) is 37.9 Å². The van der Waals surface area contributed by atoms with Crippen LogP contribution >= 0.6 is 0 Å². The van der Waals surface area contributed by atoms with Gasteiger partial charge in [-0.15, -0.1) is 5.10 Å². The highest BCUT2D eigenvalue weighted by atomic mass is 19.4. The number of piperidine rings is 1. The zero-order valence-corrected chi connectivity index (χ0v) is 17.6. The monoisotopic (exact) mass is 469 g/mol. The van der Waals surface area contributed by atoms with Crippen LogP contribution in [0.15, 0.2) is 47.3 Å². The maximum absolute atomic E-state index is 12.7. The minimum Gasteiger partial charge on any atom is -0.403 e. The third-order valence-corrected chi connectivity index (χ3v) is 6.28. The number of nitrogens with one attached hydrogen (secondary N) is 2. The Morgan fingerprint density at radius 2 is 1.76 bits per heavy atom. The summed E-state index contributed by atoms with van der Waals surface area (Å²) in [7, 11) is 0. The number of hydrogen-bond acceptors (Lipinski definition) is 9. The van der Waals surface area contributed by atoms with Crippen molar-refractivity contribution in [3.8, 4) is 11.5 Å². The van der Waals surface area contributed by atoms with E-state index >= 15 is 0 Å². The Labute approximate surface area is 190 Å². The number of benzene rings is 1. The van der Waals surface area contributed by atoms with E-state index in [0.29, 0.717) is 46.7 Å². The lowest BCUT2D eigenvalue weighted by Gasteiger charge is -2.15. The lowest BCUT2D eigenvalue weighted by atomic mass is 10.1. The summed E-state index contributed by atoms with van der Waals surface area (Å²) in [5.41, 5.74) is 1.57. The van der Waals surface area contributed by atoms with Gasteiger partial charge >= 0.3 is 12.2 Å². The van der Waals surface area contributed by atoms with Gasteiger partial charge in [0.1, 0.15) is 0 Å². The van der Waals surface area contributed by atoms with Gasteiger partial charge in [-0.25, -0.2) is 9.97 Å². The number of alkyl halides is 3. The second-order valence-electron chi connectivity index (χ2n) is 8.39. The smallest absolute Gasteiger partial charge is 0.403 e. The lowest BCUT2D eigenvalue weighted by molar-refractivity contribution is -0.137. The average molecular weight is 469 g/mol. The molecule has 4 aromatic rings. The van der Waals surface area contributed by atoms with Crippen molar-refractivity contribution in [2.24, 2.45) is 11.8 Å². The Morgan fingerprint density at radius 3 is 2.41 bits per heavy atom. The summed E-state index contributed by atoms with van der Waals surface area (Å²) in [5, 5.41) is 22.0. The van der Waals surface area contributed by atoms with Gasteiger partial charge in [0.25, 0.3) is 5.89 Å². The molecule has 1 aromatic carbocycles. The molecule has 3 atom stereocenters. The van der Waals surface area contributed by atoms with Gasteiger partial charge in [0.05, 0.1) is 23.0 Å². The highest BCUT2D eigenvalue weighted by Crippen LogP contribution is 2.58. The van der Waals surface area contributed by atoms with Crippen LogP contribution in [0.4, 0.5) is 25.1 Å². The van der Waals surface area contributed by atoms with Crippen LogP contribution in [0.3, 0.4) is 0 Å². The molecule has 13 heteroatoms. The van der Waals surface area contributed by atoms with E-state index in [9.17, 15) is 13.2 Å². The van der Waals surface area contributed by atoms with Crippen molar-refractivity contribution in [2.75, 3.05) is 23.3 Å². The van der Waals surface area contributed by atoms with E-state index in [1.54, 1.807) is 18.6 Å². The molecule has 1 aliphatic carbocycles. The predicted molar refractivity (Wildman–Crippen MR) is 112 cm³/mol. The molecule has 0 spiro atoms. The van der Waals surface area contributed by atoms with Crippen LogP contribution in [-0.4, -0.2) is 48.7 Å². The van der Waals surface area contributed by atoms with Crippen molar-refractivity contribution < 1.29 is 17.6 Å². The minimum atomic E-state index is -4.35. The van der Waals surface area contributed by atoms with E-state index in [2.05, 4.69) is 45.8 Å². The quantitative estimate of drug-likeness (QED) is 0.439. The number of aromatic nitrogens is 7. The van der Waals surface area contributed by atoms with E-state index in [-0.39, 0.29) is 6.54 Å². The van der Waals surface area contributed by atoms with E-state index in [4.69, 9.17) is 4.42 Å². The van der Waals surface area contributed by atoms with E-state index in [0.717, 1.165) is 30.9 Å². The average Bonchev–Trinajstić information content (AvgIpc) is 3.37. The second kappa shape index (κ2) is 7.78. The highest BCUT2D eigenvalue weighted by molar-refractivity contribution is 5.52. The van der Waals surface area contributed by atoms with Crippen molar-refractivity contribution in [1.82, 2.24) is 35.6 Å². The number of anilines is 2. The molecule has 0 amide bonds. The Morgan fingerprint density at radius 1 is 1.03 bits per heavy atom. The molecule has 34 heavy (non-hydrogen) atoms. The molecule has 4 heterocycles. The fraction of sp³-hybridized carbons (Fsp3) is 0.333. The van der Waals surface area contributed by atoms with Crippen LogP contribution in [0.2, 0.25) is 0 Å². The number of nitrogens with zero attached hydrogens (tertiary/aromatic N) is 7. The molecule has 0 bridgehead atoms. The van der Waals surface area contributed by atoms with Gasteiger partial charge in [0.15, 0.2) is 0 Å². The summed E-state index contributed by atoms with van der Waals surface area (Å²) < 4.78 is 43.8. The Hall–Kier alpha value is -4.03. The van der Waals surface area contributed by atoms with Gasteiger partial charge in [0.2, 0.25) is 5.95 Å². The van der Waals surface area contributed by atoms with Gasteiger partial charge in [-0.1, -0.05) is 17.2 Å². The first kappa shape index (κ1) is 20.6. The zero-order chi connectivity index (χ0) is 23.3. The van der Waals surface area contributed by atoms with Crippen LogP contribution in [0, 0.1) is 11.8 Å². The molecule has 1 aliphatic heterocycles. The number of rotatable bonds is 6. The molecule has 2 fully saturated rings. The van der Waals surface area contributed by atoms with Crippen LogP contribution in [0.25, 0.3) is 11.5 Å². The van der Waals surface area contributed by atoms with Gasteiger partial charge < -0.3 is 14.6 Å². The van der Waals surface area contributed by atoms with E-state index < -0.39 is 11.7 Å². The number of aromatic amines is 1. The summed E-state index contributed by atoms with van der Waals surface area (Å²) in [6.45, 7) is 1.94. The first-order chi connectivity index (χ1) is 16.5. The lowest BCUT2D eigenvalue weighted by Crippen LogP contribution is -2.23. The Balaban J connectivity index is 1.05. The van der Waals surface area contributed by atoms with E-state index in [1.165, 1.54) is 12.1 Å². The topological polar surface area (TPSA) is 122 Å². The third kappa shape index (κ3) is 3.82. The Bertz CT molecular complexity index is 1260. The van der Waals surface area contributed by atoms with Crippen molar-refractivity contribution in [1.29, 1.82) is 0 Å². The molecule has 1 saturated heterocycles. The fourth-order valence-corrected chi connectivity index (χ4v) is 4.47. The summed E-state index contributed by atoms with van der Waals surface area (Å²) in [6, 6.07) is 5.39. The summed E-state index contributed by atoms with van der Waals surface area (Å²) >= 11 is 0. The Kier molecular flexibility index (Phi) is 4.71. The maximum atomic E-state index is 12.7. The van der Waals surface area contributed by atoms with Crippen molar-refractivity contribution >= 4 is 12.0 Å². The molecule has 1 saturated carbocycles. The molecule has 0 radical (unpaired) electrons. The number of halogens is 3. The largest absolute Gasteiger partial charge is 0.416 e. The molecular weight excluding hydrogens is 451 g/mol. The fourth-order valence-electron chi connectivity index (χ4n) is 4.47. The standard InChI is InChI=1S/C21H18F3N9O/c22-21(23,24)13-3-1-11(2-4-13)5-25-19-26-6-12(7-27-19)18-30-31-20(34-18)33-9-14-15(10-33)17(14)16-8-28-32-29-16/h1-4,6-8,14-15,17H,5,9-10H2,(H,25,26,27)(H,28,29,32)/t14-,15+,17?. The van der Waals surface area contributed by atoms with Crippen LogP contribution in [-0.2, 0) is 12.7 Å². The molecular formula is C21H18F3N9O. The first-order valence-corrected chi connectivity index (χ1v) is 10.6. The molecule has 2 N–H and O–H groups in total. The summed E-state index contributed by atoms with van der Waals surface area (Å²) in [4.78, 5) is 10.5. The molecule has 2 aliphatic rings. The van der Waals surface area contributed by atoms with Gasteiger partial charge in [-0.3, -0.25) is 0 Å². The van der Waals surface area contributed by atoms with Crippen LogP contribution in [0.5, 0.6) is 0 Å². The summed E-state index contributed by atoms with van der Waals surface area (Å²) in [6.07, 6.45) is 0.540. The van der Waals surface area contributed by atoms with Crippen molar-refractivity contribution in [2.45, 2.75) is 18.6 Å².